The molecule has 0 spiro atoms. The number of fused-ring (bicyclic) bond motifs is 5. The molecule has 5 atom stereocenters. The Hall–Kier alpha value is -11.1. The van der Waals surface area contributed by atoms with Crippen LogP contribution in [0.3, 0.4) is 0 Å². The molecular weight excluding hydrogens is 1580 g/mol. The Kier molecular flexibility index (Phi) is 21.5. The summed E-state index contributed by atoms with van der Waals surface area (Å²) in [6, 6.07) is 36.3. The molecule has 10 N–H and O–H groups in total. The zero-order valence-corrected chi connectivity index (χ0v) is 72.4. The summed E-state index contributed by atoms with van der Waals surface area (Å²) in [5.74, 6) is 3.51. The molecule has 0 amide bonds. The van der Waals surface area contributed by atoms with Gasteiger partial charge >= 0.3 is 0 Å². The monoisotopic (exact) mass is 1670 g/mol. The minimum atomic E-state index is -0.292. The molecular formula is C95H100Cl3F2N15O5. The van der Waals surface area contributed by atoms with Crippen LogP contribution in [-0.2, 0) is 24.0 Å². The van der Waals surface area contributed by atoms with Crippen LogP contribution in [0.4, 0.5) is 37.9 Å². The second-order valence-electron chi connectivity index (χ2n) is 37.7. The van der Waals surface area contributed by atoms with Crippen LogP contribution < -0.4 is 26.6 Å². The standard InChI is InChI=1S/3C19H20ClN3O.2C19H20FN3O/c1-10-15-16(11-4-6-12(20)7-5-11)17-13(21-18(15)23-22-10)8-19(2,3)9-14(17)24;1-10-15-16(11-5-4-6-12(20)7-11)17-13(21-18(15)23-22-10)8-19(2,3)9-14(17)24;1-10-15-16(11-6-4-5-7-12(11)20)17-13(21-18(15)23-22-10)8-19(2,3)9-14(17)24;1-10-15-16(11-4-6-12(20)7-5-11)17-13(21-18(15)23-22-10)8-19(2,3)9-14(17)24;1-10-15-16(11-5-4-6-12(20)7-11)17-13(21-18(15)23-22-10)8-19(2,3)9-14(17)24/h5*4-7,16H,8-9H2,1-3H3,(H2,21,22,23). The minimum absolute atomic E-state index is 0.0314. The molecule has 5 aliphatic heterocycles. The first kappa shape index (κ1) is 82.6. The van der Waals surface area contributed by atoms with Crippen molar-refractivity contribution in [3.63, 3.8) is 0 Å². The zero-order valence-electron chi connectivity index (χ0n) is 70.2. The number of hydrogen-bond acceptors (Lipinski definition) is 15. The lowest BCUT2D eigenvalue weighted by Gasteiger charge is -2.38. The Morgan fingerprint density at radius 1 is 0.300 bits per heavy atom. The number of aryl methyl sites for hydroxylation is 5. The molecule has 620 valence electrons. The van der Waals surface area contributed by atoms with Gasteiger partial charge in [0.25, 0.3) is 0 Å². The van der Waals surface area contributed by atoms with Crippen molar-refractivity contribution in [3.05, 3.63) is 288 Å². The highest BCUT2D eigenvalue weighted by atomic mass is 35.5. The van der Waals surface area contributed by atoms with Gasteiger partial charge in [-0.2, -0.15) is 25.5 Å². The van der Waals surface area contributed by atoms with Gasteiger partial charge < -0.3 is 26.6 Å². The molecule has 0 radical (unpaired) electrons. The van der Waals surface area contributed by atoms with Gasteiger partial charge in [0.05, 0.1) is 0 Å². The second kappa shape index (κ2) is 31.2. The number of rotatable bonds is 5. The average molecular weight is 1680 g/mol. The molecule has 20 rings (SSSR count). The number of benzene rings is 5. The van der Waals surface area contributed by atoms with E-state index in [9.17, 15) is 32.8 Å². The highest BCUT2D eigenvalue weighted by molar-refractivity contribution is 6.32. The highest BCUT2D eigenvalue weighted by Crippen LogP contribution is 2.56. The van der Waals surface area contributed by atoms with Gasteiger partial charge in [0.2, 0.25) is 0 Å². The number of ketones is 5. The number of nitrogens with zero attached hydrogens (tertiary/aromatic N) is 5. The lowest BCUT2D eigenvalue weighted by atomic mass is 9.69. The molecule has 5 aromatic carbocycles. The fourth-order valence-electron chi connectivity index (χ4n) is 19.8. The van der Waals surface area contributed by atoms with Crippen LogP contribution in [0.5, 0.6) is 0 Å². The summed E-state index contributed by atoms with van der Waals surface area (Å²) < 4.78 is 27.2. The van der Waals surface area contributed by atoms with Crippen molar-refractivity contribution in [2.45, 2.75) is 198 Å². The average Bonchev–Trinajstić information content (AvgIpc) is 1.69. The summed E-state index contributed by atoms with van der Waals surface area (Å²) in [5, 5.41) is 56.0. The first-order chi connectivity index (χ1) is 56.8. The van der Waals surface area contributed by atoms with Crippen molar-refractivity contribution in [2.75, 3.05) is 26.6 Å². The Morgan fingerprint density at radius 2 is 0.583 bits per heavy atom. The fourth-order valence-corrected chi connectivity index (χ4v) is 20.4. The molecule has 25 heteroatoms. The van der Waals surface area contributed by atoms with Crippen LogP contribution in [0.15, 0.2) is 178 Å². The molecule has 0 fully saturated rings. The number of allylic oxidation sites excluding steroid dienone is 10. The number of anilines is 5. The number of aromatic amines is 5. The van der Waals surface area contributed by atoms with Gasteiger partial charge in [0, 0.05) is 189 Å². The van der Waals surface area contributed by atoms with Crippen LogP contribution >= 0.6 is 34.8 Å². The Labute approximate surface area is 711 Å². The molecule has 5 unspecified atom stereocenters. The van der Waals surface area contributed by atoms with Crippen molar-refractivity contribution < 1.29 is 32.8 Å². The Morgan fingerprint density at radius 3 is 0.900 bits per heavy atom. The molecule has 120 heavy (non-hydrogen) atoms. The second-order valence-corrected chi connectivity index (χ2v) is 39.0. The predicted octanol–water partition coefficient (Wildman–Crippen LogP) is 21.8. The summed E-state index contributed by atoms with van der Waals surface area (Å²) in [5.41, 5.74) is 23.4. The van der Waals surface area contributed by atoms with Gasteiger partial charge in [-0.15, -0.1) is 0 Å². The third-order valence-electron chi connectivity index (χ3n) is 24.8. The third kappa shape index (κ3) is 15.9. The maximum atomic E-state index is 13.8. The normalized spacial score (nSPS) is 22.0. The number of Topliss-reactive ketones (excluding diaryl/α,β-unsaturated/α-hetero) is 5. The predicted molar refractivity (Wildman–Crippen MR) is 466 cm³/mol. The molecule has 20 nitrogen and oxygen atoms in total. The van der Waals surface area contributed by atoms with E-state index in [2.05, 4.69) is 147 Å². The highest BCUT2D eigenvalue weighted by Gasteiger charge is 2.49. The van der Waals surface area contributed by atoms with E-state index in [-0.39, 0.29) is 97.2 Å². The smallest absolute Gasteiger partial charge is 0.162 e. The number of carbonyl (C=O) groups excluding carboxylic acids is 5. The zero-order chi connectivity index (χ0) is 85.3. The van der Waals surface area contributed by atoms with Gasteiger partial charge in [0.1, 0.15) is 11.6 Å². The number of nitrogens with one attached hydrogen (secondary N) is 10. The molecule has 0 saturated heterocycles. The molecule has 10 aliphatic rings. The van der Waals surface area contributed by atoms with Crippen molar-refractivity contribution >= 4 is 92.8 Å². The van der Waals surface area contributed by atoms with Gasteiger partial charge in [-0.3, -0.25) is 49.5 Å². The number of carbonyl (C=O) groups is 5. The lowest BCUT2D eigenvalue weighted by Crippen LogP contribution is -2.33. The molecule has 0 saturated carbocycles. The SMILES string of the molecule is Cc1[nH]nc2c1C(c1ccc(Cl)cc1)C1=C(CC(C)(C)CC1=O)N2.Cc1[nH]nc2c1C(c1ccc(F)cc1)C1=C(CC(C)(C)CC1=O)N2.Cc1[nH]nc2c1C(c1cccc(Cl)c1)C1=C(CC(C)(C)CC1=O)N2.Cc1[nH]nc2c1C(c1cccc(F)c1)C1=C(CC(C)(C)CC1=O)N2.Cc1[nH]nc2c1C(c1ccccc1Cl)C1=C(CC(C)(C)CC1=O)N2. The first-order valence-electron chi connectivity index (χ1n) is 41.0. The van der Waals surface area contributed by atoms with Gasteiger partial charge in [-0.1, -0.05) is 171 Å². The molecule has 10 aromatic rings. The number of aromatic nitrogens is 10. The summed E-state index contributed by atoms with van der Waals surface area (Å²) in [6.07, 6.45) is 6.84. The number of H-pyrrole nitrogens is 5. The van der Waals surface area contributed by atoms with Gasteiger partial charge in [0.15, 0.2) is 58.0 Å². The van der Waals surface area contributed by atoms with E-state index in [0.717, 1.165) is 202 Å². The van der Waals surface area contributed by atoms with Gasteiger partial charge in [-0.25, -0.2) is 8.78 Å². The molecule has 5 aliphatic carbocycles. The summed E-state index contributed by atoms with van der Waals surface area (Å²) >= 11 is 18.8. The first-order valence-corrected chi connectivity index (χ1v) is 42.1. The molecule has 5 aromatic heterocycles. The topological polar surface area (TPSA) is 289 Å². The summed E-state index contributed by atoms with van der Waals surface area (Å²) in [7, 11) is 0. The number of hydrogen-bond donors (Lipinski definition) is 10. The van der Waals surface area contributed by atoms with Crippen LogP contribution in [0.2, 0.25) is 15.1 Å². The van der Waals surface area contributed by atoms with E-state index in [1.165, 1.54) is 24.3 Å². The minimum Gasteiger partial charge on any atom is -0.342 e. The van der Waals surface area contributed by atoms with Crippen molar-refractivity contribution in [2.24, 2.45) is 27.1 Å². The van der Waals surface area contributed by atoms with E-state index < -0.39 is 0 Å². The van der Waals surface area contributed by atoms with Crippen LogP contribution in [-0.4, -0.2) is 79.9 Å². The van der Waals surface area contributed by atoms with Crippen molar-refractivity contribution in [1.82, 2.24) is 51.0 Å². The van der Waals surface area contributed by atoms with E-state index in [0.29, 0.717) is 47.2 Å². The van der Waals surface area contributed by atoms with Gasteiger partial charge in [-0.05, 0) is 176 Å². The van der Waals surface area contributed by atoms with Crippen LogP contribution in [0.25, 0.3) is 0 Å². The van der Waals surface area contributed by atoms with E-state index >= 15 is 0 Å². The Balaban J connectivity index is 0.000000112. The number of halogens is 5. The molecule has 0 bridgehead atoms. The van der Waals surface area contributed by atoms with Crippen molar-refractivity contribution in [1.29, 1.82) is 0 Å². The van der Waals surface area contributed by atoms with E-state index in [4.69, 9.17) is 34.8 Å². The largest absolute Gasteiger partial charge is 0.342 e. The van der Waals surface area contributed by atoms with E-state index in [1.54, 1.807) is 18.2 Å². The summed E-state index contributed by atoms with van der Waals surface area (Å²) in [6.45, 7) is 31.1. The fraction of sp³-hybridized carbons (Fsp3) is 0.368. The van der Waals surface area contributed by atoms with Crippen molar-refractivity contribution in [3.8, 4) is 0 Å². The molecule has 10 heterocycles. The van der Waals surface area contributed by atoms with Crippen LogP contribution in [0, 0.1) is 73.3 Å². The lowest BCUT2D eigenvalue weighted by molar-refractivity contribution is -0.119. The summed E-state index contributed by atoms with van der Waals surface area (Å²) in [4.78, 5) is 64.9. The van der Waals surface area contributed by atoms with E-state index in [1.807, 2.05) is 113 Å². The quantitative estimate of drug-likeness (QED) is 0.0766. The third-order valence-corrected chi connectivity index (χ3v) is 25.6. The maximum Gasteiger partial charge on any atom is 0.162 e. The maximum absolute atomic E-state index is 13.8. The Bertz CT molecular complexity index is 5760. The van der Waals surface area contributed by atoms with Crippen LogP contribution in [0.1, 0.15) is 247 Å².